The smallest absolute Gasteiger partial charge is 0.491 e. The van der Waals surface area contributed by atoms with Crippen LogP contribution in [0, 0.1) is 11.8 Å². The summed E-state index contributed by atoms with van der Waals surface area (Å²) in [5.41, 5.74) is 20.5. The van der Waals surface area contributed by atoms with Crippen LogP contribution < -0.4 is 27.6 Å². The first-order valence-corrected chi connectivity index (χ1v) is 40.0. The summed E-state index contributed by atoms with van der Waals surface area (Å²) >= 11 is 0. The van der Waals surface area contributed by atoms with Crippen molar-refractivity contribution in [1.82, 2.24) is 0 Å². The molecule has 42 heteroatoms. The molecule has 0 aromatic heterocycles. The van der Waals surface area contributed by atoms with Crippen molar-refractivity contribution in [2.24, 2.45) is 29.0 Å². The molecular weight excluding hydrogens is 1350 g/mol. The van der Waals surface area contributed by atoms with E-state index in [2.05, 4.69) is 5.73 Å². The molecule has 16 nitrogen and oxygen atoms in total. The summed E-state index contributed by atoms with van der Waals surface area (Å²) in [4.78, 5) is 0. The van der Waals surface area contributed by atoms with Crippen LogP contribution in [-0.4, -0.2) is 178 Å². The van der Waals surface area contributed by atoms with E-state index in [0.29, 0.717) is 103 Å². The Morgan fingerprint density at radius 3 is 0.898 bits per heavy atom. The molecule has 0 rings (SSSR count). The van der Waals surface area contributed by atoms with Crippen LogP contribution in [0.2, 0.25) is 49.4 Å². The molecule has 0 spiro atoms. The zero-order valence-corrected chi connectivity index (χ0v) is 58.5. The highest BCUT2D eigenvalue weighted by Crippen LogP contribution is 2.41. The standard InChI is InChI=1S/2C14H35F3N2O6Si3.C9H13F7.C9H12F6.FH/c2*1-20-27(21-2,11-6-9-18)24-26(5,13-8-14(15,16)17)25-28(22-3,23-4)12-7-10-19;1-7(10,11)4-3-6(9(14,15)16)5-8(2,12)13;1-3-7(10)6(9(13,14)15)4-5-8(2,11)12;/h2*6-13,18-19H2,1-5H3;6H,3-5H2,1-2H3;3,6H,4-5H2,1-2H3;1H. The van der Waals surface area contributed by atoms with Gasteiger partial charge in [0.05, 0.1) is 12.5 Å². The summed E-state index contributed by atoms with van der Waals surface area (Å²) in [7, 11) is -8.66. The summed E-state index contributed by atoms with van der Waals surface area (Å²) in [6, 6.07) is 0.870. The van der Waals surface area contributed by atoms with Gasteiger partial charge in [-0.05, 0) is 105 Å². The lowest BCUT2D eigenvalue weighted by atomic mass is 9.94. The zero-order chi connectivity index (χ0) is 69.3. The maximum atomic E-state index is 13.0. The fourth-order valence-corrected chi connectivity index (χ4v) is 31.5. The van der Waals surface area contributed by atoms with Crippen LogP contribution in [0.5, 0.6) is 0 Å². The van der Waals surface area contributed by atoms with Crippen molar-refractivity contribution in [3.05, 3.63) is 11.9 Å². The second kappa shape index (κ2) is 43.2. The van der Waals surface area contributed by atoms with Gasteiger partial charge in [-0.2, -0.15) is 52.7 Å². The Labute approximate surface area is 510 Å². The van der Waals surface area contributed by atoms with Crippen LogP contribution in [0.1, 0.15) is 98.3 Å². The molecule has 88 heavy (non-hydrogen) atoms. The van der Waals surface area contributed by atoms with E-state index in [1.54, 1.807) is 13.1 Å². The predicted octanol–water partition coefficient (Wildman–Crippen LogP) is 9.82. The van der Waals surface area contributed by atoms with Crippen LogP contribution in [0.4, 0.5) is 83.4 Å². The van der Waals surface area contributed by atoms with E-state index in [-0.39, 0.29) is 16.8 Å². The van der Waals surface area contributed by atoms with Crippen LogP contribution in [0.3, 0.4) is 0 Å². The quantitative estimate of drug-likeness (QED) is 0.0331. The second-order valence-corrected chi connectivity index (χ2v) is 39.9. The molecule has 3 atom stereocenters. The minimum Gasteiger partial charge on any atom is -1.00 e. The Hall–Kier alpha value is -0.999. The molecule has 0 heterocycles. The number of halogens is 20. The monoisotopic (exact) mass is 1440 g/mol. The number of allylic oxidation sites excluding steroid dienone is 2. The topological polar surface area (TPSA) is 216 Å². The lowest BCUT2D eigenvalue weighted by molar-refractivity contribution is -0.367. The van der Waals surface area contributed by atoms with E-state index in [4.69, 9.17) is 69.1 Å². The molecule has 0 aromatic rings. The van der Waals surface area contributed by atoms with Gasteiger partial charge in [0.2, 0.25) is 17.8 Å². The highest BCUT2D eigenvalue weighted by atomic mass is 28.5. The van der Waals surface area contributed by atoms with Gasteiger partial charge >= 0.3 is 77.0 Å². The Balaban J connectivity index is -0.000000360. The first-order chi connectivity index (χ1) is 39.4. The first-order valence-electron chi connectivity index (χ1n) is 27.2. The van der Waals surface area contributed by atoms with Crippen molar-refractivity contribution in [1.29, 1.82) is 0 Å². The third-order valence-corrected chi connectivity index (χ3v) is 35.4. The van der Waals surface area contributed by atoms with Crippen molar-refractivity contribution in [3.8, 4) is 0 Å². The van der Waals surface area contributed by atoms with Crippen molar-refractivity contribution in [2.75, 3.05) is 83.1 Å². The normalized spacial score (nSPS) is 15.2. The van der Waals surface area contributed by atoms with Crippen LogP contribution in [0.15, 0.2) is 11.9 Å². The van der Waals surface area contributed by atoms with Gasteiger partial charge in [-0.1, -0.05) is 6.08 Å². The maximum absolute atomic E-state index is 13.0. The molecule has 0 amide bonds. The number of hydrogen-bond donors (Lipinski definition) is 4. The fourth-order valence-electron chi connectivity index (χ4n) is 7.58. The summed E-state index contributed by atoms with van der Waals surface area (Å²) in [5.74, 6) is -16.2. The summed E-state index contributed by atoms with van der Waals surface area (Å²) in [5, 5.41) is 0. The Kier molecular flexibility index (Phi) is 46.9. The number of alkyl halides is 18. The average molecular weight is 1450 g/mol. The van der Waals surface area contributed by atoms with Crippen LogP contribution in [0.25, 0.3) is 0 Å². The highest BCUT2D eigenvalue weighted by molar-refractivity contribution is 6.84. The van der Waals surface area contributed by atoms with Gasteiger partial charge in [0.15, 0.2) is 0 Å². The van der Waals surface area contributed by atoms with Crippen LogP contribution in [-0.2, 0) is 51.9 Å². The molecule has 0 radical (unpaired) electrons. The predicted molar refractivity (Wildman–Crippen MR) is 299 cm³/mol. The minimum absolute atomic E-state index is 0. The average Bonchev–Trinajstić information content (AvgIpc) is 3.40. The Bertz CT molecular complexity index is 1670. The molecule has 536 valence electrons. The third kappa shape index (κ3) is 44.6. The van der Waals surface area contributed by atoms with E-state index in [0.717, 1.165) is 6.92 Å². The van der Waals surface area contributed by atoms with Gasteiger partial charge in [0, 0.05) is 120 Å². The molecule has 0 aliphatic heterocycles. The zero-order valence-electron chi connectivity index (χ0n) is 52.5. The second-order valence-electron chi connectivity index (χ2n) is 20.4. The molecule has 0 aliphatic rings. The van der Waals surface area contributed by atoms with Crippen molar-refractivity contribution in [2.45, 2.75) is 190 Å². The summed E-state index contributed by atoms with van der Waals surface area (Å²) in [6.07, 6.45) is -23.0. The van der Waals surface area contributed by atoms with E-state index < -0.39 is 157 Å². The molecule has 3 unspecified atom stereocenters. The van der Waals surface area contributed by atoms with Gasteiger partial charge in [0.1, 0.15) is 11.7 Å². The SMILES string of the molecule is CC(F)(F)CCC(CC(C)(F)F)C(F)(F)F.CC=C(F)C(CCC(C)(F)F)C(F)(F)F.CO[Si](CCCN)(OC)O[Si](C)(CCC(F)(F)F)O[Si](CCCN)(OC)OC.CO[Si](CCCN)(OC)O[Si](C)(CCC(F)(F)F)O[Si](CCC[NH3+])(OC)OC.[F-]. The highest BCUT2D eigenvalue weighted by Gasteiger charge is 2.57. The molecule has 0 aliphatic carbocycles. The van der Waals surface area contributed by atoms with Gasteiger partial charge in [-0.3, -0.25) is 0 Å². The van der Waals surface area contributed by atoms with Crippen molar-refractivity contribution < 1.29 is 146 Å². The summed E-state index contributed by atoms with van der Waals surface area (Å²) < 4.78 is 307. The number of quaternary nitrogens is 1. The molecule has 0 fully saturated rings. The maximum Gasteiger partial charge on any atom is 0.491 e. The molecule has 0 aromatic carbocycles. The van der Waals surface area contributed by atoms with Crippen LogP contribution >= 0.6 is 0 Å². The van der Waals surface area contributed by atoms with Gasteiger partial charge in [-0.15, -0.1) is 0 Å². The van der Waals surface area contributed by atoms with E-state index in [9.17, 15) is 83.4 Å². The minimum atomic E-state index is -4.87. The van der Waals surface area contributed by atoms with Gasteiger partial charge < -0.3 is 79.5 Å². The molecule has 0 saturated carbocycles. The van der Waals surface area contributed by atoms with Crippen molar-refractivity contribution in [3.63, 3.8) is 0 Å². The van der Waals surface area contributed by atoms with Crippen molar-refractivity contribution >= 4 is 52.3 Å². The first kappa shape index (κ1) is 95.7. The Morgan fingerprint density at radius 2 is 0.705 bits per heavy atom. The Morgan fingerprint density at radius 1 is 0.432 bits per heavy atom. The molecule has 0 bridgehead atoms. The number of rotatable bonds is 41. The number of nitrogens with two attached hydrogens (primary N) is 3. The van der Waals surface area contributed by atoms with E-state index >= 15 is 0 Å². The largest absolute Gasteiger partial charge is 1.00 e. The van der Waals surface area contributed by atoms with Gasteiger partial charge in [0.25, 0.3) is 0 Å². The molecule has 9 N–H and O–H groups in total. The molecular formula is C46H96F20N4O12Si6. The lowest BCUT2D eigenvalue weighted by Gasteiger charge is -2.41. The third-order valence-electron chi connectivity index (χ3n) is 12.4. The summed E-state index contributed by atoms with van der Waals surface area (Å²) in [6.45, 7) is 7.29. The number of hydrogen-bond acceptors (Lipinski definition) is 15. The molecule has 0 saturated heterocycles. The van der Waals surface area contributed by atoms with E-state index in [1.165, 1.54) is 56.9 Å². The van der Waals surface area contributed by atoms with E-state index in [1.807, 2.05) is 0 Å². The lowest BCUT2D eigenvalue weighted by Crippen LogP contribution is -3.00. The fraction of sp³-hybridized carbons (Fsp3) is 0.957. The van der Waals surface area contributed by atoms with Gasteiger partial charge in [-0.25, -0.2) is 30.7 Å².